The summed E-state index contributed by atoms with van der Waals surface area (Å²) in [5.74, 6) is -0.335. The number of hydrogen-bond acceptors (Lipinski definition) is 2. The first kappa shape index (κ1) is 12.9. The molecule has 0 saturated heterocycles. The Balaban J connectivity index is 2.13. The highest BCUT2D eigenvalue weighted by Gasteiger charge is 2.09. The molecule has 2 rings (SSSR count). The number of nitrogens with one attached hydrogen (secondary N) is 2. The van der Waals surface area contributed by atoms with E-state index in [4.69, 9.17) is 0 Å². The second kappa shape index (κ2) is 5.39. The van der Waals surface area contributed by atoms with Crippen LogP contribution in [0.3, 0.4) is 0 Å². The molecule has 0 aliphatic carbocycles. The summed E-state index contributed by atoms with van der Waals surface area (Å²) in [6.07, 6.45) is 1.81. The smallest absolute Gasteiger partial charge is 0.272 e. The second-order valence-corrected chi connectivity index (χ2v) is 4.22. The van der Waals surface area contributed by atoms with Gasteiger partial charge in [0.05, 0.1) is 0 Å². The maximum absolute atomic E-state index is 12.0. The minimum absolute atomic E-state index is 0.147. The molecule has 0 radical (unpaired) electrons. The van der Waals surface area contributed by atoms with E-state index in [2.05, 4.69) is 10.6 Å². The first-order valence-corrected chi connectivity index (χ1v) is 5.86. The molecule has 2 amide bonds. The molecule has 0 saturated carbocycles. The predicted molar refractivity (Wildman–Crippen MR) is 74.1 cm³/mol. The quantitative estimate of drug-likeness (QED) is 0.885. The molecule has 1 aromatic carbocycles. The molecule has 98 valence electrons. The van der Waals surface area contributed by atoms with Gasteiger partial charge in [-0.3, -0.25) is 9.59 Å². The van der Waals surface area contributed by atoms with Gasteiger partial charge >= 0.3 is 0 Å². The van der Waals surface area contributed by atoms with Crippen LogP contribution in [0.15, 0.2) is 42.6 Å². The highest BCUT2D eigenvalue weighted by Crippen LogP contribution is 2.16. The zero-order valence-electron chi connectivity index (χ0n) is 10.8. The van der Waals surface area contributed by atoms with Gasteiger partial charge in [0.15, 0.2) is 0 Å². The van der Waals surface area contributed by atoms with Crippen molar-refractivity contribution in [2.24, 2.45) is 7.05 Å². The average molecular weight is 257 g/mol. The lowest BCUT2D eigenvalue weighted by molar-refractivity contribution is -0.114. The van der Waals surface area contributed by atoms with Crippen molar-refractivity contribution >= 4 is 23.2 Å². The lowest BCUT2D eigenvalue weighted by Gasteiger charge is -2.08. The van der Waals surface area contributed by atoms with Crippen LogP contribution >= 0.6 is 0 Å². The van der Waals surface area contributed by atoms with Gasteiger partial charge in [0, 0.05) is 31.5 Å². The first-order chi connectivity index (χ1) is 9.06. The van der Waals surface area contributed by atoms with Crippen LogP contribution in [-0.4, -0.2) is 16.4 Å². The van der Waals surface area contributed by atoms with Crippen molar-refractivity contribution < 1.29 is 9.59 Å². The molecule has 0 bridgehead atoms. The van der Waals surface area contributed by atoms with Gasteiger partial charge < -0.3 is 15.2 Å². The standard InChI is InChI=1S/C14H15N3O2/c1-10(18)15-11-5-3-6-12(9-11)16-14(19)13-7-4-8-17(13)2/h3-9H,1-2H3,(H,15,18)(H,16,19). The molecule has 0 spiro atoms. The van der Waals surface area contributed by atoms with E-state index in [-0.39, 0.29) is 11.8 Å². The summed E-state index contributed by atoms with van der Waals surface area (Å²) in [6, 6.07) is 10.6. The summed E-state index contributed by atoms with van der Waals surface area (Å²) in [5, 5.41) is 5.46. The molecule has 19 heavy (non-hydrogen) atoms. The molecular weight excluding hydrogens is 242 g/mol. The van der Waals surface area contributed by atoms with Crippen molar-refractivity contribution in [1.29, 1.82) is 0 Å². The van der Waals surface area contributed by atoms with Crippen molar-refractivity contribution in [2.45, 2.75) is 6.92 Å². The number of benzene rings is 1. The van der Waals surface area contributed by atoms with Crippen LogP contribution in [0.2, 0.25) is 0 Å². The highest BCUT2D eigenvalue weighted by atomic mass is 16.2. The Morgan fingerprint density at radius 3 is 2.32 bits per heavy atom. The summed E-state index contributed by atoms with van der Waals surface area (Å²) in [5.41, 5.74) is 1.86. The SMILES string of the molecule is CC(=O)Nc1cccc(NC(=O)c2cccn2C)c1. The van der Waals surface area contributed by atoms with Crippen LogP contribution in [0.4, 0.5) is 11.4 Å². The van der Waals surface area contributed by atoms with E-state index in [9.17, 15) is 9.59 Å². The van der Waals surface area contributed by atoms with E-state index in [0.29, 0.717) is 17.1 Å². The highest BCUT2D eigenvalue weighted by molar-refractivity contribution is 6.03. The van der Waals surface area contributed by atoms with Crippen molar-refractivity contribution in [2.75, 3.05) is 10.6 Å². The molecule has 0 fully saturated rings. The molecule has 2 aromatic rings. The number of aromatic nitrogens is 1. The fourth-order valence-corrected chi connectivity index (χ4v) is 1.77. The predicted octanol–water partition coefficient (Wildman–Crippen LogP) is 2.24. The van der Waals surface area contributed by atoms with Gasteiger partial charge in [-0.1, -0.05) is 6.07 Å². The monoisotopic (exact) mass is 257 g/mol. The van der Waals surface area contributed by atoms with Crippen molar-refractivity contribution in [3.63, 3.8) is 0 Å². The van der Waals surface area contributed by atoms with Gasteiger partial charge in [-0.2, -0.15) is 0 Å². The Morgan fingerprint density at radius 1 is 1.05 bits per heavy atom. The summed E-state index contributed by atoms with van der Waals surface area (Å²) in [4.78, 5) is 23.0. The number of carbonyl (C=O) groups excluding carboxylic acids is 2. The normalized spacial score (nSPS) is 10.0. The zero-order valence-corrected chi connectivity index (χ0v) is 10.8. The van der Waals surface area contributed by atoms with E-state index >= 15 is 0 Å². The number of hydrogen-bond donors (Lipinski definition) is 2. The Morgan fingerprint density at radius 2 is 1.74 bits per heavy atom. The Bertz CT molecular complexity index is 617. The Kier molecular flexibility index (Phi) is 3.66. The molecule has 1 aromatic heterocycles. The van der Waals surface area contributed by atoms with Gasteiger partial charge in [-0.05, 0) is 30.3 Å². The zero-order chi connectivity index (χ0) is 13.8. The van der Waals surface area contributed by atoms with Gasteiger partial charge in [-0.25, -0.2) is 0 Å². The molecule has 0 unspecified atom stereocenters. The van der Waals surface area contributed by atoms with Gasteiger partial charge in [-0.15, -0.1) is 0 Å². The number of amides is 2. The van der Waals surface area contributed by atoms with E-state index in [1.54, 1.807) is 34.9 Å². The fraction of sp³-hybridized carbons (Fsp3) is 0.143. The molecule has 5 nitrogen and oxygen atoms in total. The average Bonchev–Trinajstić information content (AvgIpc) is 2.75. The van der Waals surface area contributed by atoms with Crippen LogP contribution in [0.1, 0.15) is 17.4 Å². The van der Waals surface area contributed by atoms with Crippen LogP contribution in [0.25, 0.3) is 0 Å². The van der Waals surface area contributed by atoms with Crippen LogP contribution in [-0.2, 0) is 11.8 Å². The number of anilines is 2. The maximum atomic E-state index is 12.0. The number of aryl methyl sites for hydroxylation is 1. The molecule has 0 aliphatic heterocycles. The van der Waals surface area contributed by atoms with E-state index in [1.807, 2.05) is 19.3 Å². The summed E-state index contributed by atoms with van der Waals surface area (Å²) in [6.45, 7) is 1.44. The van der Waals surface area contributed by atoms with E-state index in [1.165, 1.54) is 6.92 Å². The van der Waals surface area contributed by atoms with Crippen LogP contribution in [0.5, 0.6) is 0 Å². The number of carbonyl (C=O) groups is 2. The second-order valence-electron chi connectivity index (χ2n) is 4.22. The number of rotatable bonds is 3. The van der Waals surface area contributed by atoms with E-state index < -0.39 is 0 Å². The molecular formula is C14H15N3O2. The lowest BCUT2D eigenvalue weighted by Crippen LogP contribution is -2.15. The summed E-state index contributed by atoms with van der Waals surface area (Å²) < 4.78 is 1.74. The first-order valence-electron chi connectivity index (χ1n) is 5.86. The molecule has 1 heterocycles. The third-order valence-corrected chi connectivity index (χ3v) is 2.62. The largest absolute Gasteiger partial charge is 0.347 e. The Hall–Kier alpha value is -2.56. The lowest BCUT2D eigenvalue weighted by atomic mass is 10.2. The number of nitrogens with zero attached hydrogens (tertiary/aromatic N) is 1. The van der Waals surface area contributed by atoms with Crippen molar-refractivity contribution in [3.05, 3.63) is 48.3 Å². The molecule has 5 heteroatoms. The third-order valence-electron chi connectivity index (χ3n) is 2.62. The van der Waals surface area contributed by atoms with Crippen molar-refractivity contribution in [3.8, 4) is 0 Å². The summed E-state index contributed by atoms with van der Waals surface area (Å²) in [7, 11) is 1.81. The van der Waals surface area contributed by atoms with Crippen molar-refractivity contribution in [1.82, 2.24) is 4.57 Å². The van der Waals surface area contributed by atoms with Gasteiger partial charge in [0.25, 0.3) is 5.91 Å². The Labute approximate surface area is 111 Å². The topological polar surface area (TPSA) is 63.1 Å². The summed E-state index contributed by atoms with van der Waals surface area (Å²) >= 11 is 0. The minimum Gasteiger partial charge on any atom is -0.347 e. The van der Waals surface area contributed by atoms with Gasteiger partial charge in [0.2, 0.25) is 5.91 Å². The van der Waals surface area contributed by atoms with Crippen LogP contribution < -0.4 is 10.6 Å². The van der Waals surface area contributed by atoms with Crippen LogP contribution in [0, 0.1) is 0 Å². The van der Waals surface area contributed by atoms with Gasteiger partial charge in [0.1, 0.15) is 5.69 Å². The molecule has 0 atom stereocenters. The third kappa shape index (κ3) is 3.22. The fourth-order valence-electron chi connectivity index (χ4n) is 1.77. The minimum atomic E-state index is -0.188. The maximum Gasteiger partial charge on any atom is 0.272 e. The molecule has 0 aliphatic rings. The van der Waals surface area contributed by atoms with E-state index in [0.717, 1.165) is 0 Å². The molecule has 2 N–H and O–H groups in total.